The molecule has 1 saturated carbocycles. The summed E-state index contributed by atoms with van der Waals surface area (Å²) in [6, 6.07) is 6.32. The molecule has 9 nitrogen and oxygen atoms in total. The van der Waals surface area contributed by atoms with Crippen molar-refractivity contribution in [1.29, 1.82) is 5.26 Å². The van der Waals surface area contributed by atoms with Gasteiger partial charge in [-0.3, -0.25) is 14.9 Å². The first kappa shape index (κ1) is 16.6. The minimum absolute atomic E-state index is 0.135. The third-order valence-electron chi connectivity index (χ3n) is 4.37. The Morgan fingerprint density at radius 2 is 2.12 bits per heavy atom. The Labute approximate surface area is 143 Å². The summed E-state index contributed by atoms with van der Waals surface area (Å²) in [4.78, 5) is 27.1. The van der Waals surface area contributed by atoms with Gasteiger partial charge in [-0.05, 0) is 25.0 Å². The van der Waals surface area contributed by atoms with Crippen LogP contribution in [0.15, 0.2) is 30.9 Å². The van der Waals surface area contributed by atoms with Crippen LogP contribution < -0.4 is 5.32 Å². The van der Waals surface area contributed by atoms with Crippen molar-refractivity contribution in [2.75, 3.05) is 0 Å². The summed E-state index contributed by atoms with van der Waals surface area (Å²) in [5.41, 5.74) is -0.801. The van der Waals surface area contributed by atoms with E-state index in [2.05, 4.69) is 21.5 Å². The number of carbonyl (C=O) groups excluding carboxylic acids is 1. The van der Waals surface area contributed by atoms with E-state index in [1.165, 1.54) is 35.5 Å². The molecule has 0 atom stereocenters. The van der Waals surface area contributed by atoms with E-state index < -0.39 is 16.4 Å². The number of rotatable bonds is 4. The number of nitro benzene ring substituents is 1. The number of nitrogens with one attached hydrogen (secondary N) is 1. The molecule has 1 N–H and O–H groups in total. The van der Waals surface area contributed by atoms with Crippen LogP contribution >= 0.6 is 0 Å². The van der Waals surface area contributed by atoms with E-state index in [1.807, 2.05) is 0 Å². The van der Waals surface area contributed by atoms with Crippen LogP contribution in [-0.4, -0.2) is 31.1 Å². The van der Waals surface area contributed by atoms with Gasteiger partial charge in [-0.1, -0.05) is 19.3 Å². The maximum absolute atomic E-state index is 12.5. The van der Waals surface area contributed by atoms with Gasteiger partial charge in [0, 0.05) is 11.6 Å². The number of nitro groups is 1. The molecular weight excluding hydrogens is 324 g/mol. The van der Waals surface area contributed by atoms with Crippen molar-refractivity contribution in [3.8, 4) is 11.8 Å². The number of benzene rings is 1. The van der Waals surface area contributed by atoms with E-state index >= 15 is 0 Å². The zero-order valence-electron chi connectivity index (χ0n) is 13.4. The highest BCUT2D eigenvalue weighted by Gasteiger charge is 2.34. The van der Waals surface area contributed by atoms with Gasteiger partial charge in [-0.2, -0.15) is 10.4 Å². The van der Waals surface area contributed by atoms with Crippen LogP contribution in [0.4, 0.5) is 5.69 Å². The molecule has 3 rings (SSSR count). The van der Waals surface area contributed by atoms with E-state index in [-0.39, 0.29) is 16.9 Å². The Morgan fingerprint density at radius 1 is 1.36 bits per heavy atom. The maximum Gasteiger partial charge on any atom is 0.295 e. The third-order valence-corrected chi connectivity index (χ3v) is 4.37. The van der Waals surface area contributed by atoms with Gasteiger partial charge in [0.15, 0.2) is 0 Å². The van der Waals surface area contributed by atoms with Gasteiger partial charge in [0.05, 0.1) is 11.0 Å². The molecule has 9 heteroatoms. The van der Waals surface area contributed by atoms with E-state index in [4.69, 9.17) is 0 Å². The Balaban J connectivity index is 1.90. The zero-order chi connectivity index (χ0) is 17.9. The minimum Gasteiger partial charge on any atom is -0.334 e. The fourth-order valence-corrected chi connectivity index (χ4v) is 3.05. The Kier molecular flexibility index (Phi) is 4.43. The lowest BCUT2D eigenvalue weighted by Gasteiger charge is -2.31. The number of aromatic nitrogens is 3. The molecule has 0 unspecified atom stereocenters. The predicted molar refractivity (Wildman–Crippen MR) is 86.9 cm³/mol. The first-order valence-electron chi connectivity index (χ1n) is 7.92. The fourth-order valence-electron chi connectivity index (χ4n) is 3.05. The number of nitrogens with zero attached hydrogens (tertiary/aromatic N) is 5. The molecule has 0 saturated heterocycles. The quantitative estimate of drug-likeness (QED) is 0.671. The first-order chi connectivity index (χ1) is 12.0. The van der Waals surface area contributed by atoms with Gasteiger partial charge in [0.25, 0.3) is 11.6 Å². The number of amides is 1. The van der Waals surface area contributed by atoms with Crippen molar-refractivity contribution < 1.29 is 9.72 Å². The van der Waals surface area contributed by atoms with Crippen LogP contribution in [0.1, 0.15) is 42.5 Å². The maximum atomic E-state index is 12.5. The van der Waals surface area contributed by atoms with Crippen LogP contribution in [0, 0.1) is 21.4 Å². The highest BCUT2D eigenvalue weighted by molar-refractivity contribution is 5.96. The predicted octanol–water partition coefficient (Wildman–Crippen LogP) is 2.13. The van der Waals surface area contributed by atoms with Crippen molar-refractivity contribution in [2.24, 2.45) is 0 Å². The van der Waals surface area contributed by atoms with E-state index in [9.17, 15) is 20.2 Å². The number of hydrogen-bond donors (Lipinski definition) is 1. The summed E-state index contributed by atoms with van der Waals surface area (Å²) in [7, 11) is 0. The lowest BCUT2D eigenvalue weighted by molar-refractivity contribution is -0.384. The fraction of sp³-hybridized carbons (Fsp3) is 0.375. The standard InChI is InChI=1S/C16H16N6O3/c17-9-16(6-2-1-3-7-16)20-15(23)12-4-5-13(14(8-12)22(24)25)21-11-18-10-19-21/h4-5,8,10-11H,1-3,6-7H2,(H,20,23). The molecule has 0 aliphatic heterocycles. The van der Waals surface area contributed by atoms with Crippen LogP contribution in [0.25, 0.3) is 5.69 Å². The second-order valence-corrected chi connectivity index (χ2v) is 6.01. The lowest BCUT2D eigenvalue weighted by Crippen LogP contribution is -2.48. The SMILES string of the molecule is N#CC1(NC(=O)c2ccc(-n3cncn3)c([N+](=O)[O-])c2)CCCCC1. The Hall–Kier alpha value is -3.28. The van der Waals surface area contributed by atoms with Gasteiger partial charge in [-0.15, -0.1) is 0 Å². The minimum atomic E-state index is -0.894. The molecule has 1 amide bonds. The second kappa shape index (κ2) is 6.68. The molecule has 0 spiro atoms. The summed E-state index contributed by atoms with van der Waals surface area (Å²) >= 11 is 0. The molecule has 1 aliphatic rings. The normalized spacial score (nSPS) is 16.0. The van der Waals surface area contributed by atoms with Crippen molar-refractivity contribution in [3.05, 3.63) is 46.5 Å². The summed E-state index contributed by atoms with van der Waals surface area (Å²) in [6.07, 6.45) is 6.58. The monoisotopic (exact) mass is 340 g/mol. The van der Waals surface area contributed by atoms with Crippen LogP contribution in [0.2, 0.25) is 0 Å². The molecule has 0 radical (unpaired) electrons. The van der Waals surface area contributed by atoms with Gasteiger partial charge < -0.3 is 5.32 Å². The Bertz CT molecular complexity index is 834. The summed E-state index contributed by atoms with van der Waals surface area (Å²) in [5.74, 6) is -0.489. The summed E-state index contributed by atoms with van der Waals surface area (Å²) in [6.45, 7) is 0. The second-order valence-electron chi connectivity index (χ2n) is 6.01. The van der Waals surface area contributed by atoms with Crippen molar-refractivity contribution in [1.82, 2.24) is 20.1 Å². The average Bonchev–Trinajstić information content (AvgIpc) is 3.16. The number of nitriles is 1. The van der Waals surface area contributed by atoms with E-state index in [0.29, 0.717) is 12.8 Å². The molecule has 128 valence electrons. The van der Waals surface area contributed by atoms with Crippen molar-refractivity contribution in [2.45, 2.75) is 37.6 Å². The van der Waals surface area contributed by atoms with E-state index in [1.54, 1.807) is 0 Å². The third kappa shape index (κ3) is 3.33. The highest BCUT2D eigenvalue weighted by atomic mass is 16.6. The molecule has 0 bridgehead atoms. The van der Waals surface area contributed by atoms with E-state index in [0.717, 1.165) is 19.3 Å². The lowest BCUT2D eigenvalue weighted by atomic mass is 9.82. The topological polar surface area (TPSA) is 127 Å². The summed E-state index contributed by atoms with van der Waals surface area (Å²) < 4.78 is 1.26. The molecule has 1 aromatic carbocycles. The van der Waals surface area contributed by atoms with Crippen molar-refractivity contribution in [3.63, 3.8) is 0 Å². The Morgan fingerprint density at radius 3 is 2.72 bits per heavy atom. The number of hydrogen-bond acceptors (Lipinski definition) is 6. The molecule has 2 aromatic rings. The van der Waals surface area contributed by atoms with Gasteiger partial charge >= 0.3 is 0 Å². The largest absolute Gasteiger partial charge is 0.334 e. The van der Waals surface area contributed by atoms with Crippen LogP contribution in [-0.2, 0) is 0 Å². The summed E-state index contributed by atoms with van der Waals surface area (Å²) in [5, 5.41) is 27.5. The molecule has 1 heterocycles. The van der Waals surface area contributed by atoms with Crippen LogP contribution in [0.5, 0.6) is 0 Å². The molecule has 1 fully saturated rings. The van der Waals surface area contributed by atoms with Crippen LogP contribution in [0.3, 0.4) is 0 Å². The van der Waals surface area contributed by atoms with Gasteiger partial charge in [0.1, 0.15) is 23.9 Å². The van der Waals surface area contributed by atoms with Gasteiger partial charge in [0.2, 0.25) is 0 Å². The smallest absolute Gasteiger partial charge is 0.295 e. The first-order valence-corrected chi connectivity index (χ1v) is 7.92. The number of carbonyl (C=O) groups is 1. The highest BCUT2D eigenvalue weighted by Crippen LogP contribution is 2.29. The molecular formula is C16H16N6O3. The average molecular weight is 340 g/mol. The van der Waals surface area contributed by atoms with Gasteiger partial charge in [-0.25, -0.2) is 9.67 Å². The molecule has 1 aromatic heterocycles. The zero-order valence-corrected chi connectivity index (χ0v) is 13.4. The van der Waals surface area contributed by atoms with Crippen molar-refractivity contribution >= 4 is 11.6 Å². The molecule has 1 aliphatic carbocycles. The molecule has 25 heavy (non-hydrogen) atoms.